The van der Waals surface area contributed by atoms with E-state index in [0.717, 1.165) is 18.0 Å². The highest BCUT2D eigenvalue weighted by molar-refractivity contribution is 6.32. The van der Waals surface area contributed by atoms with E-state index in [1.165, 1.54) is 0 Å². The number of nitrogens with one attached hydrogen (secondary N) is 1. The van der Waals surface area contributed by atoms with Crippen molar-refractivity contribution in [3.8, 4) is 0 Å². The van der Waals surface area contributed by atoms with Gasteiger partial charge >= 0.3 is 6.18 Å². The summed E-state index contributed by atoms with van der Waals surface area (Å²) in [5.74, 6) is 0.939. The van der Waals surface area contributed by atoms with Crippen molar-refractivity contribution in [2.24, 2.45) is 0 Å². The highest BCUT2D eigenvalue weighted by Gasteiger charge is 2.31. The molecule has 0 amide bonds. The lowest BCUT2D eigenvalue weighted by atomic mass is 10.2. The zero-order valence-corrected chi connectivity index (χ0v) is 12.7. The van der Waals surface area contributed by atoms with Crippen LogP contribution in [0.5, 0.6) is 0 Å². The quantitative estimate of drug-likeness (QED) is 0.896. The van der Waals surface area contributed by atoms with E-state index >= 15 is 0 Å². The number of halogens is 4. The van der Waals surface area contributed by atoms with Crippen LogP contribution in [0.3, 0.4) is 0 Å². The van der Waals surface area contributed by atoms with E-state index in [4.69, 9.17) is 16.0 Å². The first kappa shape index (κ1) is 16.6. The van der Waals surface area contributed by atoms with Crippen LogP contribution in [-0.4, -0.2) is 30.5 Å². The van der Waals surface area contributed by atoms with E-state index in [1.54, 1.807) is 12.3 Å². The number of nitrogens with zero attached hydrogens (tertiary/aromatic N) is 2. The zero-order valence-electron chi connectivity index (χ0n) is 12.0. The predicted octanol–water partition coefficient (Wildman–Crippen LogP) is 4.06. The molecule has 2 aromatic rings. The van der Waals surface area contributed by atoms with Crippen molar-refractivity contribution in [1.29, 1.82) is 0 Å². The lowest BCUT2D eigenvalue weighted by Crippen LogP contribution is -2.26. The van der Waals surface area contributed by atoms with Crippen LogP contribution in [0, 0.1) is 0 Å². The number of furan rings is 1. The van der Waals surface area contributed by atoms with Crippen molar-refractivity contribution < 1.29 is 17.6 Å². The molecule has 1 atom stereocenters. The summed E-state index contributed by atoms with van der Waals surface area (Å²) in [4.78, 5) is 5.67. The Kier molecular flexibility index (Phi) is 4.97. The molecule has 0 unspecified atom stereocenters. The third kappa shape index (κ3) is 3.92. The minimum Gasteiger partial charge on any atom is -0.468 e. The summed E-state index contributed by atoms with van der Waals surface area (Å²) < 4.78 is 43.1. The molecule has 0 saturated carbocycles. The monoisotopic (exact) mass is 333 g/mol. The lowest BCUT2D eigenvalue weighted by molar-refractivity contribution is -0.137. The van der Waals surface area contributed by atoms with Gasteiger partial charge in [-0.25, -0.2) is 4.98 Å². The summed E-state index contributed by atoms with van der Waals surface area (Å²) in [6, 6.07) is 4.35. The number of alkyl halides is 3. The maximum absolute atomic E-state index is 12.6. The van der Waals surface area contributed by atoms with E-state index in [-0.39, 0.29) is 16.9 Å². The number of pyridine rings is 1. The minimum atomic E-state index is -4.46. The van der Waals surface area contributed by atoms with Crippen LogP contribution in [0.25, 0.3) is 0 Å². The summed E-state index contributed by atoms with van der Waals surface area (Å²) in [6.07, 6.45) is -2.14. The first-order chi connectivity index (χ1) is 10.3. The van der Waals surface area contributed by atoms with Gasteiger partial charge < -0.3 is 9.73 Å². The predicted molar refractivity (Wildman–Crippen MR) is 77.9 cm³/mol. The average Bonchev–Trinajstić information content (AvgIpc) is 2.93. The maximum Gasteiger partial charge on any atom is 0.417 e. The number of aromatic nitrogens is 1. The molecule has 120 valence electrons. The van der Waals surface area contributed by atoms with E-state index in [2.05, 4.69) is 10.3 Å². The number of likely N-dealkylation sites (N-methyl/N-ethyl adjacent to an activating group) is 1. The Bertz CT molecular complexity index is 614. The molecule has 0 fully saturated rings. The Hall–Kier alpha value is -1.73. The van der Waals surface area contributed by atoms with Crippen LogP contribution in [0.2, 0.25) is 5.02 Å². The molecule has 1 N–H and O–H groups in total. The van der Waals surface area contributed by atoms with Crippen LogP contribution in [0.4, 0.5) is 19.0 Å². The Morgan fingerprint density at radius 2 is 2.14 bits per heavy atom. The lowest BCUT2D eigenvalue weighted by Gasteiger charge is -2.23. The van der Waals surface area contributed by atoms with Crippen molar-refractivity contribution in [3.63, 3.8) is 0 Å². The highest BCUT2D eigenvalue weighted by Crippen LogP contribution is 2.32. The highest BCUT2D eigenvalue weighted by atomic mass is 35.5. The number of rotatable bonds is 5. The second kappa shape index (κ2) is 6.58. The van der Waals surface area contributed by atoms with Crippen molar-refractivity contribution in [2.75, 3.05) is 26.0 Å². The van der Waals surface area contributed by atoms with Crippen LogP contribution in [-0.2, 0) is 6.18 Å². The molecule has 0 radical (unpaired) electrons. The molecule has 2 aromatic heterocycles. The van der Waals surface area contributed by atoms with E-state index < -0.39 is 11.7 Å². The number of hydrogen-bond donors (Lipinski definition) is 1. The fraction of sp³-hybridized carbons (Fsp3) is 0.357. The summed E-state index contributed by atoms with van der Waals surface area (Å²) >= 11 is 5.86. The van der Waals surface area contributed by atoms with E-state index in [0.29, 0.717) is 6.54 Å². The Balaban J connectivity index is 2.10. The first-order valence-corrected chi connectivity index (χ1v) is 6.83. The fourth-order valence-corrected chi connectivity index (χ4v) is 2.17. The van der Waals surface area contributed by atoms with Gasteiger partial charge in [-0.15, -0.1) is 0 Å². The van der Waals surface area contributed by atoms with Gasteiger partial charge in [0.2, 0.25) is 0 Å². The zero-order chi connectivity index (χ0) is 16.3. The third-order valence-corrected chi connectivity index (χ3v) is 3.41. The van der Waals surface area contributed by atoms with Crippen LogP contribution in [0.15, 0.2) is 35.1 Å². The Labute approximate surface area is 130 Å². The Morgan fingerprint density at radius 1 is 1.41 bits per heavy atom. The summed E-state index contributed by atoms with van der Waals surface area (Å²) in [6.45, 7) is 0.387. The molecular formula is C14H15ClF3N3O. The first-order valence-electron chi connectivity index (χ1n) is 6.45. The van der Waals surface area contributed by atoms with Crippen molar-refractivity contribution in [1.82, 2.24) is 9.88 Å². The van der Waals surface area contributed by atoms with Gasteiger partial charge in [-0.3, -0.25) is 4.90 Å². The van der Waals surface area contributed by atoms with Gasteiger partial charge in [-0.1, -0.05) is 11.6 Å². The second-order valence-electron chi connectivity index (χ2n) is 4.93. The minimum absolute atomic E-state index is 0.0771. The van der Waals surface area contributed by atoms with Crippen molar-refractivity contribution in [2.45, 2.75) is 12.2 Å². The molecular weight excluding hydrogens is 319 g/mol. The van der Waals surface area contributed by atoms with Crippen LogP contribution < -0.4 is 5.32 Å². The third-order valence-electron chi connectivity index (χ3n) is 3.13. The SMILES string of the molecule is CN(C)[C@H](CNc1ncc(C(F)(F)F)cc1Cl)c1ccco1. The fourth-order valence-electron chi connectivity index (χ4n) is 1.93. The summed E-state index contributed by atoms with van der Waals surface area (Å²) in [5, 5.41) is 2.87. The van der Waals surface area contributed by atoms with Gasteiger partial charge in [0.25, 0.3) is 0 Å². The largest absolute Gasteiger partial charge is 0.468 e. The average molecular weight is 334 g/mol. The van der Waals surface area contributed by atoms with Crippen LogP contribution >= 0.6 is 11.6 Å². The van der Waals surface area contributed by atoms with Gasteiger partial charge in [0.1, 0.15) is 11.6 Å². The molecule has 0 bridgehead atoms. The molecule has 2 heterocycles. The Morgan fingerprint density at radius 3 is 2.64 bits per heavy atom. The molecule has 0 aliphatic heterocycles. The van der Waals surface area contributed by atoms with Gasteiger partial charge in [-0.05, 0) is 32.3 Å². The van der Waals surface area contributed by atoms with Gasteiger partial charge in [0.05, 0.1) is 22.9 Å². The normalized spacial score (nSPS) is 13.4. The standard InChI is InChI=1S/C14H15ClF3N3O/c1-21(2)11(12-4-3-5-22-12)8-20-13-10(15)6-9(7-19-13)14(16,17)18/h3-7,11H,8H2,1-2H3,(H,19,20)/t11-/m1/s1. The van der Waals surface area contributed by atoms with Gasteiger partial charge in [0.15, 0.2) is 0 Å². The molecule has 0 spiro atoms. The van der Waals surface area contributed by atoms with E-state index in [9.17, 15) is 13.2 Å². The smallest absolute Gasteiger partial charge is 0.417 e. The summed E-state index contributed by atoms with van der Waals surface area (Å²) in [5.41, 5.74) is -0.877. The van der Waals surface area contributed by atoms with Crippen molar-refractivity contribution >= 4 is 17.4 Å². The molecule has 4 nitrogen and oxygen atoms in total. The van der Waals surface area contributed by atoms with Gasteiger partial charge in [-0.2, -0.15) is 13.2 Å². The molecule has 0 aliphatic carbocycles. The molecule has 0 aromatic carbocycles. The number of hydrogen-bond acceptors (Lipinski definition) is 4. The molecule has 8 heteroatoms. The second-order valence-corrected chi connectivity index (χ2v) is 5.34. The number of anilines is 1. The summed E-state index contributed by atoms with van der Waals surface area (Å²) in [7, 11) is 3.74. The van der Waals surface area contributed by atoms with Crippen LogP contribution in [0.1, 0.15) is 17.4 Å². The molecule has 0 aliphatic rings. The van der Waals surface area contributed by atoms with Gasteiger partial charge in [0, 0.05) is 12.7 Å². The molecule has 2 rings (SSSR count). The van der Waals surface area contributed by atoms with E-state index in [1.807, 2.05) is 25.1 Å². The van der Waals surface area contributed by atoms with Crippen molar-refractivity contribution in [3.05, 3.63) is 47.0 Å². The molecule has 0 saturated heterocycles. The maximum atomic E-state index is 12.6. The topological polar surface area (TPSA) is 41.3 Å². The molecule has 22 heavy (non-hydrogen) atoms.